The van der Waals surface area contributed by atoms with E-state index in [9.17, 15) is 4.79 Å². The summed E-state index contributed by atoms with van der Waals surface area (Å²) < 4.78 is 22.7. The third-order valence-electron chi connectivity index (χ3n) is 7.73. The molecule has 2 heterocycles. The molecule has 3 aromatic carbocycles. The fraction of sp³-hybridized carbons (Fsp3) is 0.353. The van der Waals surface area contributed by atoms with Gasteiger partial charge in [-0.2, -0.15) is 5.10 Å². The van der Waals surface area contributed by atoms with Gasteiger partial charge in [0, 0.05) is 17.7 Å². The van der Waals surface area contributed by atoms with Crippen LogP contribution in [0.25, 0.3) is 11.3 Å². The lowest BCUT2D eigenvalue weighted by molar-refractivity contribution is 0.0745. The van der Waals surface area contributed by atoms with Crippen molar-refractivity contribution in [3.8, 4) is 34.3 Å². The molecule has 1 atom stereocenters. The molecule has 1 aliphatic rings. The van der Waals surface area contributed by atoms with Crippen molar-refractivity contribution in [3.63, 3.8) is 0 Å². The minimum absolute atomic E-state index is 0.0856. The van der Waals surface area contributed by atoms with Crippen molar-refractivity contribution in [2.75, 3.05) is 34.5 Å². The number of methoxy groups -OCH3 is 3. The molecule has 42 heavy (non-hydrogen) atoms. The minimum Gasteiger partial charge on any atom is -0.493 e. The van der Waals surface area contributed by atoms with Crippen molar-refractivity contribution in [2.24, 2.45) is 5.92 Å². The van der Waals surface area contributed by atoms with E-state index in [0.29, 0.717) is 54.2 Å². The number of H-pyrrole nitrogens is 1. The molecule has 1 amide bonds. The van der Waals surface area contributed by atoms with Crippen molar-refractivity contribution < 1.29 is 23.7 Å². The van der Waals surface area contributed by atoms with Crippen LogP contribution in [0.15, 0.2) is 60.7 Å². The van der Waals surface area contributed by atoms with E-state index in [0.717, 1.165) is 39.9 Å². The molecule has 4 aromatic rings. The fourth-order valence-electron chi connectivity index (χ4n) is 5.37. The number of benzene rings is 3. The van der Waals surface area contributed by atoms with Gasteiger partial charge in [-0.3, -0.25) is 9.89 Å². The van der Waals surface area contributed by atoms with E-state index in [-0.39, 0.29) is 11.9 Å². The first-order valence-corrected chi connectivity index (χ1v) is 14.3. The Balaban J connectivity index is 1.52. The summed E-state index contributed by atoms with van der Waals surface area (Å²) in [5.74, 6) is 3.11. The summed E-state index contributed by atoms with van der Waals surface area (Å²) in [7, 11) is 4.88. The molecule has 5 rings (SSSR count). The summed E-state index contributed by atoms with van der Waals surface area (Å²) in [6.07, 6.45) is 1.58. The molecule has 1 aromatic heterocycles. The summed E-state index contributed by atoms with van der Waals surface area (Å²) in [4.78, 5) is 15.8. The van der Waals surface area contributed by atoms with Crippen LogP contribution in [0.2, 0.25) is 0 Å². The molecule has 1 unspecified atom stereocenters. The first-order chi connectivity index (χ1) is 20.3. The molecule has 220 valence electrons. The van der Waals surface area contributed by atoms with Crippen molar-refractivity contribution >= 4 is 5.91 Å². The Morgan fingerprint density at radius 1 is 0.881 bits per heavy atom. The first kappa shape index (κ1) is 29.0. The van der Waals surface area contributed by atoms with Crippen LogP contribution in [-0.2, 0) is 6.42 Å². The SMILES string of the molecule is COc1ccc(CCN2C(=O)c3[nH]nc(-c4ccc(C)cc4)c3C2c2ccc(OCCC(C)C)c(OC)c2)cc1OC. The number of carbonyl (C=O) groups is 1. The van der Waals surface area contributed by atoms with Crippen molar-refractivity contribution in [3.05, 3.63) is 88.6 Å². The van der Waals surface area contributed by atoms with E-state index in [1.165, 1.54) is 0 Å². The standard InChI is InChI=1S/C34H39N3O5/c1-21(2)16-18-42-27-14-12-25(20-29(27)41-6)33-30-31(24-10-7-22(3)8-11-24)35-36-32(30)34(38)37(33)17-15-23-9-13-26(39-4)28(19-23)40-5/h7-14,19-21,33H,15-18H2,1-6H3,(H,35,36). The van der Waals surface area contributed by atoms with E-state index < -0.39 is 0 Å². The fourth-order valence-corrected chi connectivity index (χ4v) is 5.37. The summed E-state index contributed by atoms with van der Waals surface area (Å²) >= 11 is 0. The Labute approximate surface area is 247 Å². The number of nitrogens with zero attached hydrogens (tertiary/aromatic N) is 2. The molecule has 0 aliphatic carbocycles. The third-order valence-corrected chi connectivity index (χ3v) is 7.73. The highest BCUT2D eigenvalue weighted by Crippen LogP contribution is 2.44. The topological polar surface area (TPSA) is 85.9 Å². The molecule has 0 radical (unpaired) electrons. The highest BCUT2D eigenvalue weighted by molar-refractivity contribution is 6.00. The average molecular weight is 570 g/mol. The number of fused-ring (bicyclic) bond motifs is 1. The summed E-state index contributed by atoms with van der Waals surface area (Å²) in [5.41, 5.74) is 6.24. The Bertz CT molecular complexity index is 1540. The zero-order valence-electron chi connectivity index (χ0n) is 25.2. The van der Waals surface area contributed by atoms with Crippen LogP contribution < -0.4 is 18.9 Å². The number of nitrogens with one attached hydrogen (secondary N) is 1. The maximum Gasteiger partial charge on any atom is 0.273 e. The van der Waals surface area contributed by atoms with E-state index in [4.69, 9.17) is 18.9 Å². The van der Waals surface area contributed by atoms with Gasteiger partial charge in [-0.15, -0.1) is 0 Å². The largest absolute Gasteiger partial charge is 0.493 e. The minimum atomic E-state index is -0.360. The number of ether oxygens (including phenoxy) is 4. The number of rotatable bonds is 12. The lowest BCUT2D eigenvalue weighted by Crippen LogP contribution is -2.31. The lowest BCUT2D eigenvalue weighted by Gasteiger charge is -2.27. The quantitative estimate of drug-likeness (QED) is 0.206. The molecule has 1 N–H and O–H groups in total. The molecular formula is C34H39N3O5. The van der Waals surface area contributed by atoms with Crippen LogP contribution in [-0.4, -0.2) is 55.5 Å². The molecule has 8 heteroatoms. The maximum atomic E-state index is 13.9. The van der Waals surface area contributed by atoms with Gasteiger partial charge in [-0.05, 0) is 61.1 Å². The van der Waals surface area contributed by atoms with Crippen molar-refractivity contribution in [1.29, 1.82) is 0 Å². The van der Waals surface area contributed by atoms with E-state index in [1.54, 1.807) is 21.3 Å². The van der Waals surface area contributed by atoms with E-state index >= 15 is 0 Å². The molecule has 1 aliphatic heterocycles. The normalized spacial score (nSPS) is 14.3. The van der Waals surface area contributed by atoms with Gasteiger partial charge in [0.15, 0.2) is 23.0 Å². The van der Waals surface area contributed by atoms with Gasteiger partial charge >= 0.3 is 0 Å². The van der Waals surface area contributed by atoms with Crippen molar-refractivity contribution in [1.82, 2.24) is 15.1 Å². The average Bonchev–Trinajstić information content (AvgIpc) is 3.54. The summed E-state index contributed by atoms with van der Waals surface area (Å²) in [6.45, 7) is 7.50. The zero-order valence-corrected chi connectivity index (χ0v) is 25.2. The van der Waals surface area contributed by atoms with Crippen molar-refractivity contribution in [2.45, 2.75) is 39.7 Å². The van der Waals surface area contributed by atoms with Crippen LogP contribution in [0.5, 0.6) is 23.0 Å². The van der Waals surface area contributed by atoms with Crippen LogP contribution in [0, 0.1) is 12.8 Å². The lowest BCUT2D eigenvalue weighted by atomic mass is 9.95. The number of hydrogen-bond donors (Lipinski definition) is 1. The number of hydrogen-bond acceptors (Lipinski definition) is 6. The monoisotopic (exact) mass is 569 g/mol. The molecule has 0 fully saturated rings. The smallest absolute Gasteiger partial charge is 0.273 e. The molecule has 0 bridgehead atoms. The molecular weight excluding hydrogens is 530 g/mol. The number of amides is 1. The summed E-state index contributed by atoms with van der Waals surface area (Å²) in [5, 5.41) is 7.67. The number of carbonyl (C=O) groups excluding carboxylic acids is 1. The maximum absolute atomic E-state index is 13.9. The van der Waals surface area contributed by atoms with E-state index in [2.05, 4.69) is 43.1 Å². The van der Waals surface area contributed by atoms with E-state index in [1.807, 2.05) is 53.4 Å². The van der Waals surface area contributed by atoms with Crippen LogP contribution >= 0.6 is 0 Å². The van der Waals surface area contributed by atoms with Gasteiger partial charge in [0.1, 0.15) is 5.69 Å². The predicted octanol–water partition coefficient (Wildman–Crippen LogP) is 6.62. The Morgan fingerprint density at radius 3 is 2.26 bits per heavy atom. The third kappa shape index (κ3) is 5.79. The van der Waals surface area contributed by atoms with Gasteiger partial charge in [0.05, 0.1) is 39.7 Å². The van der Waals surface area contributed by atoms with Gasteiger partial charge in [-0.25, -0.2) is 0 Å². The highest BCUT2D eigenvalue weighted by atomic mass is 16.5. The number of aromatic amines is 1. The molecule has 8 nitrogen and oxygen atoms in total. The Kier molecular flexibility index (Phi) is 8.71. The molecule has 0 saturated heterocycles. The predicted molar refractivity (Wildman–Crippen MR) is 163 cm³/mol. The first-order valence-electron chi connectivity index (χ1n) is 14.3. The van der Waals surface area contributed by atoms with Crippen LogP contribution in [0.1, 0.15) is 59.1 Å². The van der Waals surface area contributed by atoms with Gasteiger partial charge < -0.3 is 23.8 Å². The molecule has 0 spiro atoms. The Hall–Kier alpha value is -4.46. The van der Waals surface area contributed by atoms with Gasteiger partial charge in [0.2, 0.25) is 0 Å². The zero-order chi connectivity index (χ0) is 29.8. The van der Waals surface area contributed by atoms with Crippen LogP contribution in [0.3, 0.4) is 0 Å². The highest BCUT2D eigenvalue weighted by Gasteiger charge is 2.42. The summed E-state index contributed by atoms with van der Waals surface area (Å²) in [6, 6.07) is 19.6. The second-order valence-electron chi connectivity index (χ2n) is 11.0. The Morgan fingerprint density at radius 2 is 1.57 bits per heavy atom. The van der Waals surface area contributed by atoms with Crippen LogP contribution in [0.4, 0.5) is 0 Å². The second-order valence-corrected chi connectivity index (χ2v) is 11.0. The number of aromatic nitrogens is 2. The number of aryl methyl sites for hydroxylation is 1. The molecule has 0 saturated carbocycles. The second kappa shape index (κ2) is 12.6. The van der Waals surface area contributed by atoms with Gasteiger partial charge in [0.25, 0.3) is 5.91 Å². The van der Waals surface area contributed by atoms with Gasteiger partial charge in [-0.1, -0.05) is 55.8 Å².